The quantitative estimate of drug-likeness (QED) is 0.462. The van der Waals surface area contributed by atoms with Crippen molar-refractivity contribution in [2.24, 2.45) is 10.3 Å². The molecule has 0 rings (SSSR count). The smallest absolute Gasteiger partial charge is 0.174 e. The topological polar surface area (TPSA) is 52.0 Å². The molecule has 0 spiro atoms. The molecule has 0 aromatic rings. The van der Waals surface area contributed by atoms with Crippen molar-refractivity contribution in [1.82, 2.24) is 0 Å². The zero-order valence-corrected chi connectivity index (χ0v) is 3.14. The highest BCUT2D eigenvalue weighted by atomic mass is 32.3. The van der Waals surface area contributed by atoms with Crippen molar-refractivity contribution in [2.45, 2.75) is 0 Å². The third-order valence-electron chi connectivity index (χ3n) is 0. The predicted octanol–water partition coefficient (Wildman–Crippen LogP) is 0.307. The van der Waals surface area contributed by atoms with Crippen LogP contribution < -0.4 is 10.3 Å². The summed E-state index contributed by atoms with van der Waals surface area (Å²) in [7, 11) is 0. The molecular weight excluding hydrogens is 98.1 g/mol. The summed E-state index contributed by atoms with van der Waals surface area (Å²) in [6.45, 7) is 0. The molecule has 0 radical (unpaired) electrons. The number of hydrogen-bond acceptors (Lipinski definition) is 2. The highest BCUT2D eigenvalue weighted by molar-refractivity contribution is 8.21. The molecule has 5 heavy (non-hydrogen) atoms. The molecule has 0 fully saturated rings. The molecule has 0 aliphatic rings. The van der Waals surface area contributed by atoms with Gasteiger partial charge in [0.15, 0.2) is 11.2 Å². The molecular formula is H4F2N2S. The molecule has 0 aliphatic heterocycles. The van der Waals surface area contributed by atoms with Gasteiger partial charge in [-0.15, -0.1) is 7.77 Å². The van der Waals surface area contributed by atoms with E-state index in [1.165, 1.54) is 0 Å². The average molecular weight is 102 g/mol. The van der Waals surface area contributed by atoms with Crippen molar-refractivity contribution in [3.63, 3.8) is 0 Å². The van der Waals surface area contributed by atoms with Gasteiger partial charge in [0.25, 0.3) is 0 Å². The molecule has 5 heteroatoms. The lowest BCUT2D eigenvalue weighted by molar-refractivity contribution is 0.748. The van der Waals surface area contributed by atoms with E-state index in [0.29, 0.717) is 0 Å². The molecule has 0 heterocycles. The van der Waals surface area contributed by atoms with Crippen LogP contribution in [0, 0.1) is 0 Å². The molecule has 4 N–H and O–H groups in total. The maximum absolute atomic E-state index is 10.7. The molecule has 0 aliphatic carbocycles. The van der Waals surface area contributed by atoms with E-state index in [2.05, 4.69) is 10.3 Å². The Morgan fingerprint density at radius 1 is 1.20 bits per heavy atom. The Labute approximate surface area is 30.3 Å². The zero-order valence-electron chi connectivity index (χ0n) is 2.32. The fourth-order valence-electron chi connectivity index (χ4n) is 0. The second kappa shape index (κ2) is 1.08. The molecule has 0 saturated carbocycles. The lowest BCUT2D eigenvalue weighted by Crippen LogP contribution is -2.06. The van der Waals surface area contributed by atoms with E-state index in [1.54, 1.807) is 0 Å². The van der Waals surface area contributed by atoms with Gasteiger partial charge in [0, 0.05) is 0 Å². The van der Waals surface area contributed by atoms with E-state index in [-0.39, 0.29) is 0 Å². The summed E-state index contributed by atoms with van der Waals surface area (Å²) in [6, 6.07) is 0. The first-order chi connectivity index (χ1) is 2.00. The summed E-state index contributed by atoms with van der Waals surface area (Å²) in [5, 5.41) is 7.76. The van der Waals surface area contributed by atoms with Gasteiger partial charge < -0.3 is 0 Å². The van der Waals surface area contributed by atoms with Crippen LogP contribution in [0.3, 0.4) is 0 Å². The summed E-state index contributed by atoms with van der Waals surface area (Å²) in [6.07, 6.45) is 0. The van der Waals surface area contributed by atoms with Gasteiger partial charge in [-0.2, -0.15) is 0 Å². The summed E-state index contributed by atoms with van der Waals surface area (Å²) < 4.78 is 21.3. The van der Waals surface area contributed by atoms with Crippen molar-refractivity contribution in [3.05, 3.63) is 0 Å². The van der Waals surface area contributed by atoms with E-state index in [1.807, 2.05) is 0 Å². The first-order valence-corrected chi connectivity index (χ1v) is 2.34. The minimum Gasteiger partial charge on any atom is -0.234 e. The maximum atomic E-state index is 10.7. The third kappa shape index (κ3) is 1110. The van der Waals surface area contributed by atoms with E-state index >= 15 is 0 Å². The van der Waals surface area contributed by atoms with Crippen molar-refractivity contribution in [1.29, 1.82) is 0 Å². The van der Waals surface area contributed by atoms with Gasteiger partial charge in [-0.1, -0.05) is 0 Å². The van der Waals surface area contributed by atoms with Crippen molar-refractivity contribution >= 4 is 11.2 Å². The number of nitrogens with two attached hydrogens (primary N) is 2. The average Bonchev–Trinajstić information content (AvgIpc) is 0.722. The van der Waals surface area contributed by atoms with Gasteiger partial charge in [-0.05, 0) is 0 Å². The minimum absolute atomic E-state index is 3.88. The zero-order chi connectivity index (χ0) is 4.50. The third-order valence-corrected chi connectivity index (χ3v) is 0. The maximum Gasteiger partial charge on any atom is 0.174 e. The molecule has 0 amide bonds. The van der Waals surface area contributed by atoms with Gasteiger partial charge in [-0.3, -0.25) is 0 Å². The van der Waals surface area contributed by atoms with Crippen LogP contribution in [0.5, 0.6) is 0 Å². The highest BCUT2D eigenvalue weighted by Gasteiger charge is 2.01. The highest BCUT2D eigenvalue weighted by Crippen LogP contribution is 2.31. The normalized spacial score (nSPS) is 15.2. The van der Waals surface area contributed by atoms with E-state index in [0.717, 1.165) is 0 Å². The molecule has 34 valence electrons. The van der Waals surface area contributed by atoms with Crippen LogP contribution in [-0.2, 0) is 0 Å². The summed E-state index contributed by atoms with van der Waals surface area (Å²) >= 11 is -4.17. The van der Waals surface area contributed by atoms with Crippen LogP contribution in [0.4, 0.5) is 7.77 Å². The van der Waals surface area contributed by atoms with Crippen LogP contribution in [0.25, 0.3) is 0 Å². The predicted molar refractivity (Wildman–Crippen MR) is 18.2 cm³/mol. The van der Waals surface area contributed by atoms with Gasteiger partial charge in [0.1, 0.15) is 0 Å². The van der Waals surface area contributed by atoms with Crippen LogP contribution in [-0.4, -0.2) is 0 Å². The molecule has 0 unspecified atom stereocenters. The monoisotopic (exact) mass is 102 g/mol. The molecule has 0 aromatic carbocycles. The van der Waals surface area contributed by atoms with Gasteiger partial charge in [-0.25, -0.2) is 10.3 Å². The van der Waals surface area contributed by atoms with E-state index in [4.69, 9.17) is 0 Å². The first kappa shape index (κ1) is 5.13. The molecule has 0 aromatic heterocycles. The van der Waals surface area contributed by atoms with Crippen LogP contribution in [0.1, 0.15) is 0 Å². The van der Waals surface area contributed by atoms with Gasteiger partial charge in [0.05, 0.1) is 0 Å². The fourth-order valence-corrected chi connectivity index (χ4v) is 0. The Morgan fingerprint density at radius 3 is 1.20 bits per heavy atom. The Bertz CT molecular complexity index is 23.1. The Hall–Kier alpha value is 0.130. The lowest BCUT2D eigenvalue weighted by Gasteiger charge is -2.01. The largest absolute Gasteiger partial charge is 0.234 e. The van der Waals surface area contributed by atoms with Crippen molar-refractivity contribution < 1.29 is 7.77 Å². The summed E-state index contributed by atoms with van der Waals surface area (Å²) in [4.78, 5) is 0. The lowest BCUT2D eigenvalue weighted by atomic mass is 13.9. The summed E-state index contributed by atoms with van der Waals surface area (Å²) in [5.74, 6) is 0. The van der Waals surface area contributed by atoms with Crippen LogP contribution in [0.15, 0.2) is 0 Å². The SMILES string of the molecule is NS(N)(F)F. The minimum atomic E-state index is -4.17. The second-order valence-electron chi connectivity index (χ2n) is 0.551. The molecule has 0 atom stereocenters. The Kier molecular flexibility index (Phi) is 1.10. The number of rotatable bonds is 0. The molecule has 0 saturated heterocycles. The second-order valence-corrected chi connectivity index (χ2v) is 1.65. The van der Waals surface area contributed by atoms with Gasteiger partial charge >= 0.3 is 0 Å². The Morgan fingerprint density at radius 2 is 1.20 bits per heavy atom. The van der Waals surface area contributed by atoms with Crippen molar-refractivity contribution in [2.75, 3.05) is 0 Å². The summed E-state index contributed by atoms with van der Waals surface area (Å²) in [5.41, 5.74) is 0. The van der Waals surface area contributed by atoms with Crippen LogP contribution >= 0.6 is 11.2 Å². The van der Waals surface area contributed by atoms with Crippen LogP contribution in [0.2, 0.25) is 0 Å². The number of hydrogen-bond donors (Lipinski definition) is 2. The Balaban J connectivity index is 3.02. The fraction of sp³-hybridized carbons (Fsp3) is 0. The van der Waals surface area contributed by atoms with E-state index < -0.39 is 11.2 Å². The molecule has 0 bridgehead atoms. The van der Waals surface area contributed by atoms with Gasteiger partial charge in [0.2, 0.25) is 0 Å². The number of halogens is 2. The standard InChI is InChI=1S/F2H4N2S/c1-5(2,3)4/h3-4H2. The van der Waals surface area contributed by atoms with Crippen molar-refractivity contribution in [3.8, 4) is 0 Å². The first-order valence-electron chi connectivity index (χ1n) is 0.780. The molecule has 2 nitrogen and oxygen atoms in total. The van der Waals surface area contributed by atoms with E-state index in [9.17, 15) is 7.77 Å².